The van der Waals surface area contributed by atoms with Gasteiger partial charge in [0.25, 0.3) is 0 Å². The minimum atomic E-state index is -0.189. The van der Waals surface area contributed by atoms with E-state index in [-0.39, 0.29) is 23.0 Å². The maximum absolute atomic E-state index is 9.64. The van der Waals surface area contributed by atoms with Gasteiger partial charge in [0.2, 0.25) is 0 Å². The molecule has 0 bridgehead atoms. The predicted molar refractivity (Wildman–Crippen MR) is 117 cm³/mol. The molecular weight excluding hydrogens is 404 g/mol. The summed E-state index contributed by atoms with van der Waals surface area (Å²) < 4.78 is 16.2. The molecule has 0 fully saturated rings. The summed E-state index contributed by atoms with van der Waals surface area (Å²) in [7, 11) is 0. The molecule has 0 radical (unpaired) electrons. The second kappa shape index (κ2) is 14.0. The highest BCUT2D eigenvalue weighted by Crippen LogP contribution is 2.27. The zero-order valence-electron chi connectivity index (χ0n) is 17.2. The molecule has 9 heteroatoms. The Labute approximate surface area is 180 Å². The SMILES string of the molecule is Oc1cccc(C=NCCOCCOCCOCCN=Cc2cccc(O)c2O)c1O. The molecule has 4 N–H and O–H groups in total. The average Bonchev–Trinajstić information content (AvgIpc) is 2.76. The molecule has 168 valence electrons. The Morgan fingerprint density at radius 3 is 1.39 bits per heavy atom. The maximum Gasteiger partial charge on any atom is 0.166 e. The van der Waals surface area contributed by atoms with Gasteiger partial charge >= 0.3 is 0 Å². The van der Waals surface area contributed by atoms with Gasteiger partial charge in [-0.3, -0.25) is 9.98 Å². The zero-order chi connectivity index (χ0) is 22.3. The van der Waals surface area contributed by atoms with E-state index >= 15 is 0 Å². The standard InChI is InChI=1S/C22H28N2O7/c25-19-5-1-3-17(21(19)27)15-23-7-9-29-11-13-31-14-12-30-10-8-24-16-18-4-2-6-20(26)22(18)28/h1-6,15-16,25-28H,7-14H2. The Bertz CT molecular complexity index is 786. The monoisotopic (exact) mass is 432 g/mol. The van der Waals surface area contributed by atoms with Crippen LogP contribution >= 0.6 is 0 Å². The van der Waals surface area contributed by atoms with Crippen LogP contribution in [-0.4, -0.2) is 85.6 Å². The fourth-order valence-electron chi connectivity index (χ4n) is 2.41. The van der Waals surface area contributed by atoms with Crippen molar-refractivity contribution in [3.63, 3.8) is 0 Å². The summed E-state index contributed by atoms with van der Waals surface area (Å²) in [5.41, 5.74) is 0.901. The van der Waals surface area contributed by atoms with Crippen molar-refractivity contribution < 1.29 is 34.6 Å². The van der Waals surface area contributed by atoms with E-state index in [0.29, 0.717) is 63.9 Å². The quantitative estimate of drug-likeness (QED) is 0.204. The van der Waals surface area contributed by atoms with Crippen molar-refractivity contribution in [2.24, 2.45) is 9.98 Å². The molecule has 0 heterocycles. The van der Waals surface area contributed by atoms with Crippen LogP contribution in [0.25, 0.3) is 0 Å². The highest BCUT2D eigenvalue weighted by Gasteiger charge is 2.03. The van der Waals surface area contributed by atoms with Gasteiger partial charge in [0.15, 0.2) is 23.0 Å². The lowest BCUT2D eigenvalue weighted by atomic mass is 10.2. The summed E-state index contributed by atoms with van der Waals surface area (Å²) in [5, 5.41) is 38.1. The van der Waals surface area contributed by atoms with Gasteiger partial charge in [-0.2, -0.15) is 0 Å². The predicted octanol–water partition coefficient (Wildman–Crippen LogP) is 2.10. The van der Waals surface area contributed by atoms with E-state index in [9.17, 15) is 20.4 Å². The smallest absolute Gasteiger partial charge is 0.166 e. The number of hydrogen-bond acceptors (Lipinski definition) is 9. The summed E-state index contributed by atoms with van der Waals surface area (Å²) in [6.07, 6.45) is 2.98. The normalized spacial score (nSPS) is 11.6. The van der Waals surface area contributed by atoms with Crippen molar-refractivity contribution in [1.82, 2.24) is 0 Å². The van der Waals surface area contributed by atoms with Gasteiger partial charge in [0.1, 0.15) is 0 Å². The summed E-state index contributed by atoms with van der Waals surface area (Å²) in [6, 6.07) is 9.37. The number of ether oxygens (including phenoxy) is 3. The molecule has 0 saturated heterocycles. The molecule has 2 aromatic carbocycles. The third-order valence-electron chi connectivity index (χ3n) is 4.03. The second-order valence-electron chi connectivity index (χ2n) is 6.34. The molecule has 0 saturated carbocycles. The molecule has 0 aliphatic rings. The Morgan fingerprint density at radius 2 is 0.968 bits per heavy atom. The molecule has 2 aromatic rings. The summed E-state index contributed by atoms with van der Waals surface area (Å²) in [5.74, 6) is -0.735. The minimum absolute atomic E-state index is 0.178. The molecule has 0 atom stereocenters. The van der Waals surface area contributed by atoms with Crippen LogP contribution in [0.3, 0.4) is 0 Å². The molecule has 0 spiro atoms. The largest absolute Gasteiger partial charge is 0.504 e. The van der Waals surface area contributed by atoms with Crippen LogP contribution in [0.2, 0.25) is 0 Å². The van der Waals surface area contributed by atoms with Gasteiger partial charge < -0.3 is 34.6 Å². The zero-order valence-corrected chi connectivity index (χ0v) is 17.2. The van der Waals surface area contributed by atoms with Crippen LogP contribution < -0.4 is 0 Å². The fraction of sp³-hybridized carbons (Fsp3) is 0.364. The molecule has 0 amide bonds. The highest BCUT2D eigenvalue weighted by atomic mass is 16.5. The molecule has 0 aromatic heterocycles. The van der Waals surface area contributed by atoms with E-state index in [2.05, 4.69) is 9.98 Å². The fourth-order valence-corrected chi connectivity index (χ4v) is 2.41. The summed E-state index contributed by atoms with van der Waals surface area (Å²) >= 11 is 0. The highest BCUT2D eigenvalue weighted by molar-refractivity contribution is 5.85. The number of benzene rings is 2. The summed E-state index contributed by atoms with van der Waals surface area (Å²) in [6.45, 7) is 3.45. The first-order valence-corrected chi connectivity index (χ1v) is 9.84. The molecule has 0 aliphatic heterocycles. The van der Waals surface area contributed by atoms with Crippen LogP contribution in [0.5, 0.6) is 23.0 Å². The van der Waals surface area contributed by atoms with E-state index in [0.717, 1.165) is 0 Å². The third kappa shape index (κ3) is 9.04. The summed E-state index contributed by atoms with van der Waals surface area (Å²) in [4.78, 5) is 8.27. The van der Waals surface area contributed by atoms with Crippen LogP contribution in [0.15, 0.2) is 46.4 Å². The number of aliphatic imine (C=N–C) groups is 2. The van der Waals surface area contributed by atoms with E-state index in [1.165, 1.54) is 24.6 Å². The molecule has 0 unspecified atom stereocenters. The van der Waals surface area contributed by atoms with Crippen LogP contribution in [-0.2, 0) is 14.2 Å². The van der Waals surface area contributed by atoms with Gasteiger partial charge in [-0.25, -0.2) is 0 Å². The van der Waals surface area contributed by atoms with E-state index in [4.69, 9.17) is 14.2 Å². The van der Waals surface area contributed by atoms with Crippen molar-refractivity contribution >= 4 is 12.4 Å². The number of hydrogen-bond donors (Lipinski definition) is 4. The van der Waals surface area contributed by atoms with Crippen molar-refractivity contribution in [3.05, 3.63) is 47.5 Å². The lowest BCUT2D eigenvalue weighted by molar-refractivity contribution is 0.0176. The molecule has 9 nitrogen and oxygen atoms in total. The number of phenolic OH excluding ortho intramolecular Hbond substituents is 4. The van der Waals surface area contributed by atoms with Crippen molar-refractivity contribution in [2.45, 2.75) is 0 Å². The average molecular weight is 432 g/mol. The number of rotatable bonds is 14. The number of aromatic hydroxyl groups is 4. The first-order valence-electron chi connectivity index (χ1n) is 9.84. The Balaban J connectivity index is 1.41. The van der Waals surface area contributed by atoms with E-state index < -0.39 is 0 Å². The second-order valence-corrected chi connectivity index (χ2v) is 6.34. The Morgan fingerprint density at radius 1 is 0.581 bits per heavy atom. The van der Waals surface area contributed by atoms with E-state index in [1.54, 1.807) is 24.3 Å². The molecule has 0 aliphatic carbocycles. The van der Waals surface area contributed by atoms with Gasteiger partial charge in [-0.1, -0.05) is 12.1 Å². The number of nitrogens with zero attached hydrogens (tertiary/aromatic N) is 2. The van der Waals surface area contributed by atoms with Crippen molar-refractivity contribution in [2.75, 3.05) is 52.7 Å². The van der Waals surface area contributed by atoms with Crippen LogP contribution in [0.4, 0.5) is 0 Å². The third-order valence-corrected chi connectivity index (χ3v) is 4.03. The maximum atomic E-state index is 9.64. The van der Waals surface area contributed by atoms with E-state index in [1.807, 2.05) is 0 Å². The van der Waals surface area contributed by atoms with Gasteiger partial charge in [0.05, 0.1) is 52.7 Å². The lowest BCUT2D eigenvalue weighted by Gasteiger charge is -2.05. The van der Waals surface area contributed by atoms with Crippen molar-refractivity contribution in [1.29, 1.82) is 0 Å². The minimum Gasteiger partial charge on any atom is -0.504 e. The first-order chi connectivity index (χ1) is 15.1. The number of para-hydroxylation sites is 2. The van der Waals surface area contributed by atoms with Gasteiger partial charge in [-0.05, 0) is 24.3 Å². The Hall–Kier alpha value is -3.14. The molecule has 2 rings (SSSR count). The van der Waals surface area contributed by atoms with Crippen LogP contribution in [0, 0.1) is 0 Å². The van der Waals surface area contributed by atoms with Gasteiger partial charge in [-0.15, -0.1) is 0 Å². The van der Waals surface area contributed by atoms with Gasteiger partial charge in [0, 0.05) is 23.6 Å². The number of phenols is 4. The Kier molecular flexibility index (Phi) is 10.9. The first kappa shape index (κ1) is 24.1. The molecular formula is C22H28N2O7. The lowest BCUT2D eigenvalue weighted by Crippen LogP contribution is -2.11. The molecule has 31 heavy (non-hydrogen) atoms. The van der Waals surface area contributed by atoms with Crippen LogP contribution in [0.1, 0.15) is 11.1 Å². The van der Waals surface area contributed by atoms with Crippen molar-refractivity contribution in [3.8, 4) is 23.0 Å². The topological polar surface area (TPSA) is 133 Å².